The van der Waals surface area contributed by atoms with E-state index in [0.717, 1.165) is 32.4 Å². The maximum atomic E-state index is 12.3. The van der Waals surface area contributed by atoms with Crippen LogP contribution in [0.3, 0.4) is 0 Å². The van der Waals surface area contributed by atoms with Crippen molar-refractivity contribution in [3.05, 3.63) is 0 Å². The van der Waals surface area contributed by atoms with Crippen LogP contribution in [0.5, 0.6) is 0 Å². The molecule has 1 N–H and O–H groups in total. The van der Waals surface area contributed by atoms with Gasteiger partial charge in [-0.05, 0) is 36.9 Å². The van der Waals surface area contributed by atoms with Crippen LogP contribution in [-0.4, -0.2) is 47.4 Å². The molecule has 1 aliphatic heterocycles. The van der Waals surface area contributed by atoms with Crippen molar-refractivity contribution < 1.29 is 13.2 Å². The summed E-state index contributed by atoms with van der Waals surface area (Å²) in [5.41, 5.74) is -4.05. The summed E-state index contributed by atoms with van der Waals surface area (Å²) in [6, 6.07) is 0.352. The lowest BCUT2D eigenvalue weighted by molar-refractivity contribution is -0.0330. The second-order valence-electron chi connectivity index (χ2n) is 6.42. The molecule has 1 saturated heterocycles. The first kappa shape index (κ1) is 19.1. The van der Waals surface area contributed by atoms with E-state index in [1.165, 1.54) is 0 Å². The Kier molecular flexibility index (Phi) is 7.34. The number of nitrogens with one attached hydrogen (secondary N) is 1. The summed E-state index contributed by atoms with van der Waals surface area (Å²) in [7, 11) is 0. The van der Waals surface area contributed by atoms with Gasteiger partial charge in [0.2, 0.25) is 0 Å². The van der Waals surface area contributed by atoms with Crippen LogP contribution in [0.25, 0.3) is 0 Å². The number of hydrogen-bond acceptors (Lipinski definition) is 3. The number of hydrogen-bond donors (Lipinski definition) is 1. The highest BCUT2D eigenvalue weighted by Crippen LogP contribution is 2.31. The standard InChI is InChI=1S/C15H29F3N2S/c1-5-14(6-2)11-20(7-8-21-15(16,17)18)13(10-19-14)9-12(3)4/h12-13,19H,5-11H2,1-4H3. The molecule has 0 saturated carbocycles. The van der Waals surface area contributed by atoms with Gasteiger partial charge in [-0.3, -0.25) is 4.90 Å². The van der Waals surface area contributed by atoms with Crippen LogP contribution in [0.4, 0.5) is 13.2 Å². The van der Waals surface area contributed by atoms with E-state index in [9.17, 15) is 13.2 Å². The number of rotatable bonds is 7. The average molecular weight is 326 g/mol. The van der Waals surface area contributed by atoms with Gasteiger partial charge in [0.15, 0.2) is 0 Å². The van der Waals surface area contributed by atoms with Crippen molar-refractivity contribution in [3.8, 4) is 0 Å². The third kappa shape index (κ3) is 6.37. The molecule has 0 aromatic carbocycles. The van der Waals surface area contributed by atoms with Crippen molar-refractivity contribution >= 4 is 11.8 Å². The second kappa shape index (κ2) is 8.06. The van der Waals surface area contributed by atoms with Crippen LogP contribution < -0.4 is 5.32 Å². The topological polar surface area (TPSA) is 15.3 Å². The van der Waals surface area contributed by atoms with Crippen LogP contribution in [0.1, 0.15) is 47.0 Å². The summed E-state index contributed by atoms with van der Waals surface area (Å²) in [6.45, 7) is 10.9. The number of piperazine rings is 1. The van der Waals surface area contributed by atoms with E-state index in [2.05, 4.69) is 37.9 Å². The minimum absolute atomic E-state index is 0.0659. The number of halogens is 3. The van der Waals surface area contributed by atoms with Gasteiger partial charge in [-0.1, -0.05) is 27.7 Å². The number of thioether (sulfide) groups is 1. The molecule has 1 atom stereocenters. The van der Waals surface area contributed by atoms with E-state index < -0.39 is 5.51 Å². The van der Waals surface area contributed by atoms with E-state index in [4.69, 9.17) is 0 Å². The Morgan fingerprint density at radius 1 is 1.29 bits per heavy atom. The van der Waals surface area contributed by atoms with Crippen LogP contribution in [0.15, 0.2) is 0 Å². The van der Waals surface area contributed by atoms with Crippen molar-refractivity contribution in [3.63, 3.8) is 0 Å². The summed E-state index contributed by atoms with van der Waals surface area (Å²) in [5.74, 6) is 0.687. The van der Waals surface area contributed by atoms with Crippen molar-refractivity contribution in [1.29, 1.82) is 0 Å². The predicted molar refractivity (Wildman–Crippen MR) is 84.6 cm³/mol. The third-order valence-corrected chi connectivity index (χ3v) is 5.19. The Labute approximate surface area is 131 Å². The maximum absolute atomic E-state index is 12.3. The van der Waals surface area contributed by atoms with E-state index >= 15 is 0 Å². The van der Waals surface area contributed by atoms with Crippen molar-refractivity contribution in [1.82, 2.24) is 10.2 Å². The molecule has 0 spiro atoms. The molecule has 0 aromatic heterocycles. The van der Waals surface area contributed by atoms with Gasteiger partial charge in [0.25, 0.3) is 0 Å². The summed E-state index contributed by atoms with van der Waals surface area (Å²) >= 11 is 0.101. The normalized spacial score (nSPS) is 23.7. The summed E-state index contributed by atoms with van der Waals surface area (Å²) in [5, 5.41) is 3.65. The monoisotopic (exact) mass is 326 g/mol. The lowest BCUT2D eigenvalue weighted by atomic mass is 9.87. The maximum Gasteiger partial charge on any atom is 0.441 e. The van der Waals surface area contributed by atoms with Gasteiger partial charge in [0, 0.05) is 37.0 Å². The van der Waals surface area contributed by atoms with Crippen molar-refractivity contribution in [2.24, 2.45) is 5.92 Å². The zero-order valence-corrected chi connectivity index (χ0v) is 14.4. The van der Waals surface area contributed by atoms with Gasteiger partial charge in [-0.15, -0.1) is 0 Å². The quantitative estimate of drug-likeness (QED) is 0.758. The predicted octanol–water partition coefficient (Wildman–Crippen LogP) is 4.12. The summed E-state index contributed by atoms with van der Waals surface area (Å²) < 4.78 is 37.0. The lowest BCUT2D eigenvalue weighted by Crippen LogP contribution is -2.64. The summed E-state index contributed by atoms with van der Waals surface area (Å²) in [6.07, 6.45) is 3.06. The Morgan fingerprint density at radius 2 is 1.90 bits per heavy atom. The first-order valence-corrected chi connectivity index (χ1v) is 8.89. The Hall–Kier alpha value is 0.0600. The summed E-state index contributed by atoms with van der Waals surface area (Å²) in [4.78, 5) is 2.28. The first-order valence-electron chi connectivity index (χ1n) is 7.91. The molecule has 1 rings (SSSR count). The molecule has 2 nitrogen and oxygen atoms in total. The van der Waals surface area contributed by atoms with Gasteiger partial charge in [0.1, 0.15) is 0 Å². The van der Waals surface area contributed by atoms with E-state index in [0.29, 0.717) is 18.5 Å². The van der Waals surface area contributed by atoms with Crippen molar-refractivity contribution in [2.75, 3.05) is 25.4 Å². The minimum atomic E-state index is -4.12. The molecular weight excluding hydrogens is 297 g/mol. The van der Waals surface area contributed by atoms with Crippen LogP contribution in [0, 0.1) is 5.92 Å². The van der Waals surface area contributed by atoms with Gasteiger partial charge in [-0.25, -0.2) is 0 Å². The fraction of sp³-hybridized carbons (Fsp3) is 1.00. The second-order valence-corrected chi connectivity index (χ2v) is 7.58. The molecule has 0 amide bonds. The molecule has 1 heterocycles. The molecular formula is C15H29F3N2S. The number of alkyl halides is 3. The van der Waals surface area contributed by atoms with E-state index in [-0.39, 0.29) is 23.1 Å². The average Bonchev–Trinajstić information content (AvgIpc) is 2.39. The van der Waals surface area contributed by atoms with Crippen LogP contribution in [0.2, 0.25) is 0 Å². The Balaban J connectivity index is 2.64. The smallest absolute Gasteiger partial charge is 0.308 e. The molecule has 126 valence electrons. The van der Waals surface area contributed by atoms with E-state index in [1.54, 1.807) is 0 Å². The minimum Gasteiger partial charge on any atom is -0.308 e. The lowest BCUT2D eigenvalue weighted by Gasteiger charge is -2.48. The Morgan fingerprint density at radius 3 is 2.38 bits per heavy atom. The molecule has 0 aromatic rings. The third-order valence-electron chi connectivity index (χ3n) is 4.48. The van der Waals surface area contributed by atoms with Crippen LogP contribution in [-0.2, 0) is 0 Å². The van der Waals surface area contributed by atoms with Crippen molar-refractivity contribution in [2.45, 2.75) is 64.0 Å². The first-order chi connectivity index (χ1) is 9.71. The molecule has 6 heteroatoms. The van der Waals surface area contributed by atoms with E-state index in [1.807, 2.05) is 0 Å². The van der Waals surface area contributed by atoms with Crippen LogP contribution >= 0.6 is 11.8 Å². The van der Waals surface area contributed by atoms with Gasteiger partial charge in [-0.2, -0.15) is 13.2 Å². The van der Waals surface area contributed by atoms with Gasteiger partial charge < -0.3 is 5.32 Å². The Bertz CT molecular complexity index is 304. The molecule has 0 radical (unpaired) electrons. The molecule has 0 aliphatic carbocycles. The SMILES string of the molecule is CCC1(CC)CN(CCSC(F)(F)F)C(CC(C)C)CN1. The molecule has 1 fully saturated rings. The molecule has 0 bridgehead atoms. The highest BCUT2D eigenvalue weighted by atomic mass is 32.2. The molecule has 21 heavy (non-hydrogen) atoms. The zero-order valence-electron chi connectivity index (χ0n) is 13.6. The number of nitrogens with zero attached hydrogens (tertiary/aromatic N) is 1. The van der Waals surface area contributed by atoms with Gasteiger partial charge >= 0.3 is 5.51 Å². The molecule has 1 aliphatic rings. The highest BCUT2D eigenvalue weighted by molar-refractivity contribution is 8.00. The fourth-order valence-electron chi connectivity index (χ4n) is 3.08. The largest absolute Gasteiger partial charge is 0.441 e. The van der Waals surface area contributed by atoms with Gasteiger partial charge in [0.05, 0.1) is 0 Å². The zero-order chi connectivity index (χ0) is 16.1. The molecule has 1 unspecified atom stereocenters. The highest BCUT2D eigenvalue weighted by Gasteiger charge is 2.37. The fourth-order valence-corrected chi connectivity index (χ4v) is 3.63.